The molecular weight excluding hydrogens is 169 g/mol. The number of rotatable bonds is 0. The van der Waals surface area contributed by atoms with Crippen molar-refractivity contribution in [1.82, 2.24) is 0 Å². The predicted molar refractivity (Wildman–Crippen MR) is 45.2 cm³/mol. The Labute approximate surface area is 60.9 Å². The molecule has 0 aliphatic carbocycles. The minimum absolute atomic E-state index is 0.824. The van der Waals surface area contributed by atoms with E-state index in [2.05, 4.69) is 36.7 Å². The second kappa shape index (κ2) is 2.65. The average Bonchev–Trinajstić information content (AvgIpc) is 1.83. The van der Waals surface area contributed by atoms with Crippen molar-refractivity contribution in [3.63, 3.8) is 0 Å². The Morgan fingerprint density at radius 1 is 1.33 bits per heavy atom. The minimum atomic E-state index is -0.824. The van der Waals surface area contributed by atoms with Crippen molar-refractivity contribution in [2.75, 3.05) is 0 Å². The van der Waals surface area contributed by atoms with Crippen molar-refractivity contribution in [3.8, 4) is 0 Å². The van der Waals surface area contributed by atoms with E-state index in [1.54, 1.807) is 4.35 Å². The standard InChI is InChI=1S/C8H12Ge/c1-7-5-4-6-9(3)8(7)2/h4-6H,1-3H3. The van der Waals surface area contributed by atoms with Crippen molar-refractivity contribution in [2.45, 2.75) is 19.6 Å². The summed E-state index contributed by atoms with van der Waals surface area (Å²) in [5.41, 5.74) is 1.50. The third-order valence-electron chi connectivity index (χ3n) is 1.88. The average molecular weight is 181 g/mol. The molecule has 0 aromatic heterocycles. The van der Waals surface area contributed by atoms with Gasteiger partial charge >= 0.3 is 60.5 Å². The van der Waals surface area contributed by atoms with E-state index in [9.17, 15) is 0 Å². The van der Waals surface area contributed by atoms with Crippen LogP contribution in [0.15, 0.2) is 22.6 Å². The summed E-state index contributed by atoms with van der Waals surface area (Å²) < 4.78 is 1.66. The molecule has 1 aliphatic rings. The quantitative estimate of drug-likeness (QED) is 0.500. The van der Waals surface area contributed by atoms with Gasteiger partial charge in [0.15, 0.2) is 0 Å². The molecule has 0 fully saturated rings. The summed E-state index contributed by atoms with van der Waals surface area (Å²) in [7, 11) is 0. The molecule has 0 radical (unpaired) electrons. The van der Waals surface area contributed by atoms with Crippen LogP contribution in [0.3, 0.4) is 0 Å². The Morgan fingerprint density at radius 2 is 2.00 bits per heavy atom. The fraction of sp³-hybridized carbons (Fsp3) is 0.375. The van der Waals surface area contributed by atoms with Crippen LogP contribution in [0.1, 0.15) is 13.8 Å². The molecular formula is C8H12Ge. The van der Waals surface area contributed by atoms with Crippen LogP contribution in [0.4, 0.5) is 0 Å². The Kier molecular flexibility index (Phi) is 2.06. The molecule has 1 heterocycles. The fourth-order valence-corrected chi connectivity index (χ4v) is 3.71. The zero-order valence-corrected chi connectivity index (χ0v) is 8.33. The van der Waals surface area contributed by atoms with Crippen molar-refractivity contribution in [2.24, 2.45) is 0 Å². The van der Waals surface area contributed by atoms with Gasteiger partial charge in [-0.25, -0.2) is 0 Å². The van der Waals surface area contributed by atoms with Crippen molar-refractivity contribution in [3.05, 3.63) is 22.6 Å². The van der Waals surface area contributed by atoms with Crippen LogP contribution in [0.25, 0.3) is 0 Å². The summed E-state index contributed by atoms with van der Waals surface area (Å²) in [5, 5.41) is 0. The Bertz CT molecular complexity index is 207. The van der Waals surface area contributed by atoms with Crippen molar-refractivity contribution >= 4 is 18.3 Å². The summed E-state index contributed by atoms with van der Waals surface area (Å²) in [6.45, 7) is 4.47. The van der Waals surface area contributed by atoms with Crippen LogP contribution in [0, 0.1) is 0 Å². The van der Waals surface area contributed by atoms with Gasteiger partial charge in [-0.2, -0.15) is 0 Å². The van der Waals surface area contributed by atoms with Crippen LogP contribution in [0.5, 0.6) is 0 Å². The third kappa shape index (κ3) is 1.42. The number of hydrogen-bond acceptors (Lipinski definition) is 0. The first-order valence-electron chi connectivity index (χ1n) is 3.24. The van der Waals surface area contributed by atoms with Crippen LogP contribution in [-0.2, 0) is 0 Å². The van der Waals surface area contributed by atoms with Crippen molar-refractivity contribution < 1.29 is 0 Å². The molecule has 0 bridgehead atoms. The van der Waals surface area contributed by atoms with E-state index in [0.29, 0.717) is 0 Å². The topological polar surface area (TPSA) is 0 Å². The van der Waals surface area contributed by atoms with Gasteiger partial charge in [0, 0.05) is 0 Å². The summed E-state index contributed by atoms with van der Waals surface area (Å²) in [4.78, 5) is 2.39. The molecule has 0 nitrogen and oxygen atoms in total. The van der Waals surface area contributed by atoms with E-state index in [1.165, 1.54) is 5.57 Å². The molecule has 0 atom stereocenters. The normalized spacial score (nSPS) is 18.3. The molecule has 9 heavy (non-hydrogen) atoms. The molecule has 1 aliphatic heterocycles. The van der Waals surface area contributed by atoms with Crippen LogP contribution < -0.4 is 0 Å². The summed E-state index contributed by atoms with van der Waals surface area (Å²) >= 11 is -0.824. The molecule has 0 N–H and O–H groups in total. The molecule has 0 aromatic carbocycles. The maximum absolute atomic E-state index is 2.39. The molecule has 0 saturated heterocycles. The van der Waals surface area contributed by atoms with Gasteiger partial charge in [0.05, 0.1) is 0 Å². The monoisotopic (exact) mass is 182 g/mol. The Balaban J connectivity index is 3.06. The van der Waals surface area contributed by atoms with Gasteiger partial charge < -0.3 is 0 Å². The first kappa shape index (κ1) is 7.01. The summed E-state index contributed by atoms with van der Waals surface area (Å²) in [6.07, 6.45) is 4.41. The van der Waals surface area contributed by atoms with Gasteiger partial charge in [-0.3, -0.25) is 0 Å². The fourth-order valence-electron chi connectivity index (χ4n) is 0.898. The van der Waals surface area contributed by atoms with E-state index in [4.69, 9.17) is 0 Å². The van der Waals surface area contributed by atoms with Gasteiger partial charge in [-0.1, -0.05) is 0 Å². The summed E-state index contributed by atoms with van der Waals surface area (Å²) in [6, 6.07) is 0. The molecule has 1 heteroatoms. The zero-order chi connectivity index (χ0) is 6.85. The molecule has 0 amide bonds. The molecule has 0 aromatic rings. The van der Waals surface area contributed by atoms with Gasteiger partial charge in [-0.15, -0.1) is 0 Å². The van der Waals surface area contributed by atoms with Crippen molar-refractivity contribution in [1.29, 1.82) is 0 Å². The van der Waals surface area contributed by atoms with E-state index < -0.39 is 13.9 Å². The van der Waals surface area contributed by atoms with Gasteiger partial charge in [0.25, 0.3) is 0 Å². The van der Waals surface area contributed by atoms with Crippen LogP contribution in [-0.4, -0.2) is 18.3 Å². The molecule has 0 spiro atoms. The van der Waals surface area contributed by atoms with E-state index in [0.717, 1.165) is 0 Å². The van der Waals surface area contributed by atoms with Gasteiger partial charge in [0.2, 0.25) is 0 Å². The van der Waals surface area contributed by atoms with Crippen LogP contribution >= 0.6 is 0 Å². The second-order valence-corrected chi connectivity index (χ2v) is 7.66. The Hall–Kier alpha value is -0.107. The predicted octanol–water partition coefficient (Wildman–Crippen LogP) is 1.94. The van der Waals surface area contributed by atoms with E-state index >= 15 is 0 Å². The van der Waals surface area contributed by atoms with Gasteiger partial charge in [-0.05, 0) is 0 Å². The zero-order valence-electron chi connectivity index (χ0n) is 6.23. The first-order chi connectivity index (χ1) is 4.22. The number of hydrogen-bond donors (Lipinski definition) is 0. The first-order valence-corrected chi connectivity index (χ1v) is 7.60. The van der Waals surface area contributed by atoms with E-state index in [1.807, 2.05) is 0 Å². The molecule has 48 valence electrons. The van der Waals surface area contributed by atoms with E-state index in [-0.39, 0.29) is 0 Å². The number of allylic oxidation sites excluding steroid dienone is 3. The molecule has 0 saturated carbocycles. The molecule has 1 rings (SSSR count). The molecule has 0 unspecified atom stereocenters. The van der Waals surface area contributed by atoms with Crippen LogP contribution in [0.2, 0.25) is 5.76 Å². The maximum atomic E-state index is 2.39. The summed E-state index contributed by atoms with van der Waals surface area (Å²) in [5.74, 6) is 2.39. The second-order valence-electron chi connectivity index (χ2n) is 2.52. The third-order valence-corrected chi connectivity index (χ3v) is 6.64. The SMILES string of the molecule is CC1=CC=[CH][Ge]([CH3])=[C]1C. The Morgan fingerprint density at radius 3 is 2.44 bits per heavy atom. The van der Waals surface area contributed by atoms with Gasteiger partial charge in [0.1, 0.15) is 0 Å².